The van der Waals surface area contributed by atoms with Gasteiger partial charge in [-0.15, -0.1) is 23.7 Å². The molecule has 0 bridgehead atoms. The Bertz CT molecular complexity index is 391. The summed E-state index contributed by atoms with van der Waals surface area (Å²) in [6, 6.07) is 4.05. The summed E-state index contributed by atoms with van der Waals surface area (Å²) in [5.41, 5.74) is 5.51. The third kappa shape index (κ3) is 3.92. The average Bonchev–Trinajstić information content (AvgIpc) is 2.89. The van der Waals surface area contributed by atoms with Crippen molar-refractivity contribution in [1.29, 1.82) is 0 Å². The van der Waals surface area contributed by atoms with Crippen LogP contribution in [-0.2, 0) is 16.1 Å². The van der Waals surface area contributed by atoms with Gasteiger partial charge in [-0.1, -0.05) is 6.07 Å². The molecule has 6 heteroatoms. The topological polar surface area (TPSA) is 55.6 Å². The maximum atomic E-state index is 12.5. The molecule has 0 atom stereocenters. The molecule has 4 nitrogen and oxygen atoms in total. The highest BCUT2D eigenvalue weighted by Crippen LogP contribution is 2.22. The van der Waals surface area contributed by atoms with Crippen molar-refractivity contribution in [2.75, 3.05) is 19.8 Å². The number of ether oxygens (including phenoxy) is 1. The summed E-state index contributed by atoms with van der Waals surface area (Å²) in [4.78, 5) is 15.6. The molecular weight excluding hydrogens is 284 g/mol. The van der Waals surface area contributed by atoms with Crippen LogP contribution < -0.4 is 5.73 Å². The average molecular weight is 305 g/mol. The van der Waals surface area contributed by atoms with Crippen molar-refractivity contribution in [2.24, 2.45) is 5.73 Å². The molecule has 0 saturated carbocycles. The van der Waals surface area contributed by atoms with E-state index in [0.717, 1.165) is 0 Å². The van der Waals surface area contributed by atoms with Gasteiger partial charge in [0.25, 0.3) is 0 Å². The van der Waals surface area contributed by atoms with Gasteiger partial charge in [0, 0.05) is 24.6 Å². The monoisotopic (exact) mass is 304 g/mol. The molecule has 19 heavy (non-hydrogen) atoms. The van der Waals surface area contributed by atoms with E-state index in [1.807, 2.05) is 29.3 Å². The van der Waals surface area contributed by atoms with Crippen LogP contribution in [0.1, 0.15) is 24.6 Å². The van der Waals surface area contributed by atoms with Crippen molar-refractivity contribution >= 4 is 29.7 Å². The Kier molecular flexibility index (Phi) is 6.26. The Morgan fingerprint density at radius 1 is 1.53 bits per heavy atom. The molecule has 1 aromatic rings. The Morgan fingerprint density at radius 3 is 2.74 bits per heavy atom. The van der Waals surface area contributed by atoms with Crippen LogP contribution in [0.25, 0.3) is 0 Å². The molecule has 2 N–H and O–H groups in total. The highest BCUT2D eigenvalue weighted by Gasteiger charge is 2.38. The smallest absolute Gasteiger partial charge is 0.243 e. The van der Waals surface area contributed by atoms with E-state index in [2.05, 4.69) is 0 Å². The van der Waals surface area contributed by atoms with Gasteiger partial charge < -0.3 is 15.4 Å². The second-order valence-electron chi connectivity index (χ2n) is 4.67. The molecule has 1 aliphatic heterocycles. The first-order chi connectivity index (χ1) is 8.65. The highest BCUT2D eigenvalue weighted by molar-refractivity contribution is 7.09. The summed E-state index contributed by atoms with van der Waals surface area (Å²) < 4.78 is 5.29. The van der Waals surface area contributed by atoms with Crippen LogP contribution in [0.2, 0.25) is 0 Å². The Morgan fingerprint density at radius 2 is 2.21 bits per heavy atom. The van der Waals surface area contributed by atoms with Crippen molar-refractivity contribution in [2.45, 2.75) is 31.8 Å². The molecule has 2 rings (SSSR count). The van der Waals surface area contributed by atoms with Gasteiger partial charge in [-0.05, 0) is 31.2 Å². The molecule has 1 aliphatic rings. The van der Waals surface area contributed by atoms with E-state index in [9.17, 15) is 4.79 Å². The van der Waals surface area contributed by atoms with E-state index in [0.29, 0.717) is 39.1 Å². The third-order valence-electron chi connectivity index (χ3n) is 3.41. The van der Waals surface area contributed by atoms with E-state index in [1.165, 1.54) is 4.88 Å². The summed E-state index contributed by atoms with van der Waals surface area (Å²) >= 11 is 1.67. The van der Waals surface area contributed by atoms with Crippen molar-refractivity contribution < 1.29 is 9.53 Å². The standard InChI is InChI=1S/C13H20N2O2S.ClH/c1-2-15(10-11-4-3-9-18-11)12(16)13(14)5-7-17-8-6-13;/h3-4,9H,2,5-8,10,14H2,1H3;1H. The van der Waals surface area contributed by atoms with Crippen LogP contribution in [0.4, 0.5) is 0 Å². The molecule has 0 aromatic carbocycles. The van der Waals surface area contributed by atoms with Crippen LogP contribution in [0, 0.1) is 0 Å². The van der Waals surface area contributed by atoms with E-state index >= 15 is 0 Å². The first-order valence-corrected chi connectivity index (χ1v) is 7.22. The minimum atomic E-state index is -0.731. The zero-order chi connectivity index (χ0) is 13.0. The Labute approximate surface area is 124 Å². The molecule has 1 amide bonds. The number of amides is 1. The van der Waals surface area contributed by atoms with Crippen molar-refractivity contribution in [3.63, 3.8) is 0 Å². The van der Waals surface area contributed by atoms with Gasteiger partial charge >= 0.3 is 0 Å². The van der Waals surface area contributed by atoms with E-state index < -0.39 is 5.54 Å². The third-order valence-corrected chi connectivity index (χ3v) is 4.27. The van der Waals surface area contributed by atoms with Gasteiger partial charge in [0.05, 0.1) is 12.1 Å². The SMILES string of the molecule is CCN(Cc1cccs1)C(=O)C1(N)CCOCC1.Cl. The first kappa shape index (κ1) is 16.4. The molecule has 0 spiro atoms. The predicted octanol–water partition coefficient (Wildman–Crippen LogP) is 2.03. The molecule has 2 heterocycles. The van der Waals surface area contributed by atoms with Gasteiger partial charge in [-0.2, -0.15) is 0 Å². The van der Waals surface area contributed by atoms with E-state index in [1.54, 1.807) is 11.3 Å². The minimum absolute atomic E-state index is 0. The number of nitrogens with zero attached hydrogens (tertiary/aromatic N) is 1. The first-order valence-electron chi connectivity index (χ1n) is 6.34. The van der Waals surface area contributed by atoms with Crippen molar-refractivity contribution in [1.82, 2.24) is 4.90 Å². The highest BCUT2D eigenvalue weighted by atomic mass is 35.5. The summed E-state index contributed by atoms with van der Waals surface area (Å²) in [5.74, 6) is 0.0571. The van der Waals surface area contributed by atoms with Crippen LogP contribution >= 0.6 is 23.7 Å². The minimum Gasteiger partial charge on any atom is -0.381 e. The molecule has 108 valence electrons. The van der Waals surface area contributed by atoms with Gasteiger partial charge in [-0.3, -0.25) is 4.79 Å². The van der Waals surface area contributed by atoms with Gasteiger partial charge in [-0.25, -0.2) is 0 Å². The van der Waals surface area contributed by atoms with Crippen molar-refractivity contribution in [3.8, 4) is 0 Å². The molecule has 1 fully saturated rings. The number of nitrogens with two attached hydrogens (primary N) is 1. The lowest BCUT2D eigenvalue weighted by Gasteiger charge is -2.36. The van der Waals surface area contributed by atoms with Crippen LogP contribution in [0.3, 0.4) is 0 Å². The molecule has 1 saturated heterocycles. The van der Waals surface area contributed by atoms with Crippen LogP contribution in [0.5, 0.6) is 0 Å². The number of thiophene rings is 1. The fourth-order valence-electron chi connectivity index (χ4n) is 2.18. The number of carbonyl (C=O) groups excluding carboxylic acids is 1. The predicted molar refractivity (Wildman–Crippen MR) is 79.6 cm³/mol. The van der Waals surface area contributed by atoms with Crippen LogP contribution in [0.15, 0.2) is 17.5 Å². The fraction of sp³-hybridized carbons (Fsp3) is 0.615. The molecule has 0 unspecified atom stereocenters. The zero-order valence-electron chi connectivity index (χ0n) is 11.1. The summed E-state index contributed by atoms with van der Waals surface area (Å²) in [7, 11) is 0. The van der Waals surface area contributed by atoms with Gasteiger partial charge in [0.2, 0.25) is 5.91 Å². The Balaban J connectivity index is 0.00000180. The number of hydrogen-bond donors (Lipinski definition) is 1. The number of likely N-dealkylation sites (N-methyl/N-ethyl adjacent to an activating group) is 1. The molecular formula is C13H21ClN2O2S. The Hall–Kier alpha value is -0.620. The van der Waals surface area contributed by atoms with E-state index in [4.69, 9.17) is 10.5 Å². The molecule has 0 aliphatic carbocycles. The number of carbonyl (C=O) groups is 1. The summed E-state index contributed by atoms with van der Waals surface area (Å²) in [6.07, 6.45) is 1.24. The molecule has 0 radical (unpaired) electrons. The summed E-state index contributed by atoms with van der Waals surface area (Å²) in [6.45, 7) is 4.51. The number of halogens is 1. The maximum absolute atomic E-state index is 12.5. The fourth-order valence-corrected chi connectivity index (χ4v) is 2.90. The quantitative estimate of drug-likeness (QED) is 0.926. The number of hydrogen-bond acceptors (Lipinski definition) is 4. The maximum Gasteiger partial charge on any atom is 0.243 e. The second kappa shape index (κ2) is 7.24. The lowest BCUT2D eigenvalue weighted by Crippen LogP contribution is -2.57. The second-order valence-corrected chi connectivity index (χ2v) is 5.70. The normalized spacial score (nSPS) is 17.6. The van der Waals surface area contributed by atoms with Gasteiger partial charge in [0.15, 0.2) is 0 Å². The largest absolute Gasteiger partial charge is 0.381 e. The lowest BCUT2D eigenvalue weighted by atomic mass is 9.89. The van der Waals surface area contributed by atoms with Crippen molar-refractivity contribution in [3.05, 3.63) is 22.4 Å². The number of rotatable bonds is 4. The molecule has 1 aromatic heterocycles. The summed E-state index contributed by atoms with van der Waals surface area (Å²) in [5, 5.41) is 2.03. The van der Waals surface area contributed by atoms with Gasteiger partial charge in [0.1, 0.15) is 0 Å². The van der Waals surface area contributed by atoms with Crippen LogP contribution in [-0.4, -0.2) is 36.1 Å². The zero-order valence-corrected chi connectivity index (χ0v) is 12.8. The lowest BCUT2D eigenvalue weighted by molar-refractivity contribution is -0.141. The van der Waals surface area contributed by atoms with E-state index in [-0.39, 0.29) is 18.3 Å².